The van der Waals surface area contributed by atoms with Crippen LogP contribution in [-0.2, 0) is 10.0 Å². The van der Waals surface area contributed by atoms with Gasteiger partial charge in [0.1, 0.15) is 4.90 Å². The molecule has 0 atom stereocenters. The van der Waals surface area contributed by atoms with Crippen molar-refractivity contribution in [2.24, 2.45) is 0 Å². The summed E-state index contributed by atoms with van der Waals surface area (Å²) in [5.74, 6) is 0.412. The van der Waals surface area contributed by atoms with Crippen LogP contribution in [0.2, 0.25) is 0 Å². The van der Waals surface area contributed by atoms with Gasteiger partial charge in [0.2, 0.25) is 5.95 Å². The highest BCUT2D eigenvalue weighted by Gasteiger charge is 2.22. The Morgan fingerprint density at radius 2 is 1.90 bits per heavy atom. The zero-order valence-electron chi connectivity index (χ0n) is 12.2. The molecule has 1 aromatic heterocycles. The van der Waals surface area contributed by atoms with Gasteiger partial charge in [0.25, 0.3) is 10.0 Å². The molecule has 2 aromatic rings. The standard InChI is InChI=1S/C14H18N4O2S/c1-4-15-14-16-9-13(10-17-14)21(19,20)18(3)12-7-5-6-11(2)8-12/h5-10H,4H2,1-3H3,(H,15,16,17). The fraction of sp³-hybridized carbons (Fsp3) is 0.286. The Morgan fingerprint density at radius 3 is 2.48 bits per heavy atom. The van der Waals surface area contributed by atoms with Crippen LogP contribution in [0.15, 0.2) is 41.6 Å². The van der Waals surface area contributed by atoms with Crippen molar-refractivity contribution in [3.8, 4) is 0 Å². The second-order valence-corrected chi connectivity index (χ2v) is 6.55. The molecule has 0 aliphatic carbocycles. The highest BCUT2D eigenvalue weighted by molar-refractivity contribution is 7.92. The summed E-state index contributed by atoms with van der Waals surface area (Å²) in [7, 11) is -2.14. The van der Waals surface area contributed by atoms with Gasteiger partial charge < -0.3 is 5.32 Å². The van der Waals surface area contributed by atoms with Gasteiger partial charge in [-0.1, -0.05) is 12.1 Å². The van der Waals surface area contributed by atoms with E-state index in [0.717, 1.165) is 5.56 Å². The Bertz CT molecular complexity index is 714. The second-order valence-electron chi connectivity index (χ2n) is 4.58. The molecule has 0 saturated carbocycles. The first-order valence-corrected chi connectivity index (χ1v) is 8.00. The lowest BCUT2D eigenvalue weighted by Gasteiger charge is -2.19. The lowest BCUT2D eigenvalue weighted by molar-refractivity contribution is 0.593. The van der Waals surface area contributed by atoms with E-state index in [0.29, 0.717) is 18.2 Å². The third-order valence-electron chi connectivity index (χ3n) is 2.99. The van der Waals surface area contributed by atoms with Crippen LogP contribution in [0.25, 0.3) is 0 Å². The molecule has 0 aliphatic heterocycles. The second kappa shape index (κ2) is 6.09. The fourth-order valence-electron chi connectivity index (χ4n) is 1.82. The maximum atomic E-state index is 12.5. The van der Waals surface area contributed by atoms with Crippen LogP contribution in [0, 0.1) is 6.92 Å². The van der Waals surface area contributed by atoms with E-state index in [1.165, 1.54) is 23.7 Å². The minimum Gasteiger partial charge on any atom is -0.355 e. The maximum Gasteiger partial charge on any atom is 0.267 e. The minimum absolute atomic E-state index is 0.0631. The minimum atomic E-state index is -3.66. The average Bonchev–Trinajstić information content (AvgIpc) is 2.47. The van der Waals surface area contributed by atoms with Crippen LogP contribution < -0.4 is 9.62 Å². The normalized spacial score (nSPS) is 11.2. The first kappa shape index (κ1) is 15.2. The van der Waals surface area contributed by atoms with Crippen molar-refractivity contribution < 1.29 is 8.42 Å². The molecule has 0 spiro atoms. The van der Waals surface area contributed by atoms with Crippen LogP contribution in [0.3, 0.4) is 0 Å². The zero-order valence-corrected chi connectivity index (χ0v) is 13.1. The number of nitrogens with one attached hydrogen (secondary N) is 1. The van der Waals surface area contributed by atoms with Crippen LogP contribution in [0.5, 0.6) is 0 Å². The van der Waals surface area contributed by atoms with Crippen molar-refractivity contribution in [1.82, 2.24) is 9.97 Å². The Morgan fingerprint density at radius 1 is 1.24 bits per heavy atom. The Labute approximate surface area is 124 Å². The molecule has 0 saturated heterocycles. The number of aromatic nitrogens is 2. The summed E-state index contributed by atoms with van der Waals surface area (Å²) in [6.45, 7) is 4.51. The third kappa shape index (κ3) is 3.30. The van der Waals surface area contributed by atoms with Gasteiger partial charge in [-0.2, -0.15) is 0 Å². The van der Waals surface area contributed by atoms with E-state index in [-0.39, 0.29) is 4.90 Å². The topological polar surface area (TPSA) is 75.2 Å². The SMILES string of the molecule is CCNc1ncc(S(=O)(=O)N(C)c2cccc(C)c2)cn1. The molecule has 0 unspecified atom stereocenters. The number of sulfonamides is 1. The number of anilines is 2. The van der Waals surface area contributed by atoms with Crippen LogP contribution in [-0.4, -0.2) is 32.0 Å². The van der Waals surface area contributed by atoms with Gasteiger partial charge in [-0.05, 0) is 31.5 Å². The van der Waals surface area contributed by atoms with Gasteiger partial charge in [-0.25, -0.2) is 18.4 Å². The van der Waals surface area contributed by atoms with Gasteiger partial charge >= 0.3 is 0 Å². The largest absolute Gasteiger partial charge is 0.355 e. The summed E-state index contributed by atoms with van der Waals surface area (Å²) in [5, 5.41) is 2.92. The molecule has 6 nitrogen and oxygen atoms in total. The Kier molecular flexibility index (Phi) is 4.42. The van der Waals surface area contributed by atoms with E-state index in [2.05, 4.69) is 15.3 Å². The van der Waals surface area contributed by atoms with E-state index in [1.807, 2.05) is 32.0 Å². The summed E-state index contributed by atoms with van der Waals surface area (Å²) >= 11 is 0. The summed E-state index contributed by atoms with van der Waals surface area (Å²) < 4.78 is 26.3. The molecule has 21 heavy (non-hydrogen) atoms. The van der Waals surface area contributed by atoms with E-state index >= 15 is 0 Å². The molecule has 0 radical (unpaired) electrons. The first-order chi connectivity index (χ1) is 9.95. The molecule has 1 heterocycles. The molecule has 0 bridgehead atoms. The maximum absolute atomic E-state index is 12.5. The fourth-order valence-corrected chi connectivity index (χ4v) is 2.90. The van der Waals surface area contributed by atoms with Crippen molar-refractivity contribution in [2.75, 3.05) is 23.2 Å². The quantitative estimate of drug-likeness (QED) is 0.915. The van der Waals surface area contributed by atoms with E-state index in [4.69, 9.17) is 0 Å². The number of hydrogen-bond donors (Lipinski definition) is 1. The number of rotatable bonds is 5. The molecular formula is C14H18N4O2S. The lowest BCUT2D eigenvalue weighted by atomic mass is 10.2. The molecule has 0 aliphatic rings. The molecule has 2 rings (SSSR count). The highest BCUT2D eigenvalue weighted by atomic mass is 32.2. The van der Waals surface area contributed by atoms with E-state index in [9.17, 15) is 8.42 Å². The molecule has 0 fully saturated rings. The summed E-state index contributed by atoms with van der Waals surface area (Å²) in [4.78, 5) is 8.06. The number of benzene rings is 1. The van der Waals surface area contributed by atoms with Crippen molar-refractivity contribution in [3.63, 3.8) is 0 Å². The predicted molar refractivity (Wildman–Crippen MR) is 83.0 cm³/mol. The number of aryl methyl sites for hydroxylation is 1. The highest BCUT2D eigenvalue weighted by Crippen LogP contribution is 2.22. The van der Waals surface area contributed by atoms with Crippen LogP contribution in [0.4, 0.5) is 11.6 Å². The molecule has 1 N–H and O–H groups in total. The molecular weight excluding hydrogens is 288 g/mol. The number of hydrogen-bond acceptors (Lipinski definition) is 5. The molecule has 112 valence electrons. The van der Waals surface area contributed by atoms with E-state index < -0.39 is 10.0 Å². The lowest BCUT2D eigenvalue weighted by Crippen LogP contribution is -2.27. The van der Waals surface area contributed by atoms with Gasteiger partial charge in [-0.15, -0.1) is 0 Å². The van der Waals surface area contributed by atoms with Crippen molar-refractivity contribution in [3.05, 3.63) is 42.2 Å². The average molecular weight is 306 g/mol. The summed E-state index contributed by atoms with van der Waals surface area (Å²) in [5.41, 5.74) is 1.60. The van der Waals surface area contributed by atoms with Crippen molar-refractivity contribution in [1.29, 1.82) is 0 Å². The molecule has 1 aromatic carbocycles. The molecule has 7 heteroatoms. The first-order valence-electron chi connectivity index (χ1n) is 6.56. The van der Waals surface area contributed by atoms with Gasteiger partial charge in [0, 0.05) is 13.6 Å². The van der Waals surface area contributed by atoms with Gasteiger partial charge in [0.15, 0.2) is 0 Å². The smallest absolute Gasteiger partial charge is 0.267 e. The summed E-state index contributed by atoms with van der Waals surface area (Å²) in [6.07, 6.45) is 2.62. The monoisotopic (exact) mass is 306 g/mol. The van der Waals surface area contributed by atoms with Crippen LogP contribution >= 0.6 is 0 Å². The van der Waals surface area contributed by atoms with Gasteiger partial charge in [0.05, 0.1) is 18.1 Å². The summed E-state index contributed by atoms with van der Waals surface area (Å²) in [6, 6.07) is 7.30. The Hall–Kier alpha value is -2.15. The van der Waals surface area contributed by atoms with Crippen molar-refractivity contribution >= 4 is 21.7 Å². The third-order valence-corrected chi connectivity index (χ3v) is 4.73. The van der Waals surface area contributed by atoms with E-state index in [1.54, 1.807) is 6.07 Å². The predicted octanol–water partition coefficient (Wildman–Crippen LogP) is 2.04. The van der Waals surface area contributed by atoms with Crippen LogP contribution in [0.1, 0.15) is 12.5 Å². The number of nitrogens with zero attached hydrogens (tertiary/aromatic N) is 3. The zero-order chi connectivity index (χ0) is 15.5. The van der Waals surface area contributed by atoms with Gasteiger partial charge in [-0.3, -0.25) is 4.31 Å². The molecule has 0 amide bonds. The Balaban J connectivity index is 2.32. The van der Waals surface area contributed by atoms with Crippen molar-refractivity contribution in [2.45, 2.75) is 18.7 Å².